The number of rotatable bonds is 4. The Bertz CT molecular complexity index is 1110. The second-order valence-electron chi connectivity index (χ2n) is 7.66. The standard InChI is InChI=1S/C24H23ClN4/c25-18-11-13-20(14-12-18)29-15-21(17-7-3-1-4-8-17)22-23(26-16-27-24(22)29)28-19-9-5-2-6-10-19/h1,3-4,7-8,11-16,19H,2,5-6,9-10H2,(H,26,27,28). The van der Waals surface area contributed by atoms with E-state index in [0.29, 0.717) is 6.04 Å². The molecule has 2 aromatic carbocycles. The molecular formula is C24H23ClN4. The lowest BCUT2D eigenvalue weighted by Gasteiger charge is -2.23. The number of hydrogen-bond donors (Lipinski definition) is 1. The van der Waals surface area contributed by atoms with Gasteiger partial charge in [-0.15, -0.1) is 0 Å². The van der Waals surface area contributed by atoms with Crippen LogP contribution in [0.4, 0.5) is 5.82 Å². The average molecular weight is 403 g/mol. The third kappa shape index (κ3) is 3.60. The van der Waals surface area contributed by atoms with Gasteiger partial charge in [-0.1, -0.05) is 61.2 Å². The summed E-state index contributed by atoms with van der Waals surface area (Å²) in [6.45, 7) is 0. The van der Waals surface area contributed by atoms with Gasteiger partial charge in [-0.3, -0.25) is 0 Å². The van der Waals surface area contributed by atoms with Crippen LogP contribution in [-0.4, -0.2) is 20.6 Å². The van der Waals surface area contributed by atoms with Crippen LogP contribution >= 0.6 is 11.6 Å². The maximum absolute atomic E-state index is 6.11. The maximum Gasteiger partial charge on any atom is 0.150 e. The van der Waals surface area contributed by atoms with Gasteiger partial charge in [0.15, 0.2) is 5.65 Å². The number of anilines is 1. The third-order valence-corrected chi connectivity index (χ3v) is 5.97. The van der Waals surface area contributed by atoms with Crippen LogP contribution in [0.3, 0.4) is 0 Å². The van der Waals surface area contributed by atoms with Crippen LogP contribution in [0.5, 0.6) is 0 Å². The molecule has 5 heteroatoms. The molecule has 2 heterocycles. The van der Waals surface area contributed by atoms with E-state index >= 15 is 0 Å². The van der Waals surface area contributed by atoms with Crippen LogP contribution in [0.25, 0.3) is 27.8 Å². The van der Waals surface area contributed by atoms with Gasteiger partial charge in [-0.25, -0.2) is 9.97 Å². The number of halogens is 1. The molecule has 1 aliphatic rings. The molecule has 1 N–H and O–H groups in total. The first kappa shape index (κ1) is 18.2. The van der Waals surface area contributed by atoms with Gasteiger partial charge < -0.3 is 9.88 Å². The zero-order chi connectivity index (χ0) is 19.6. The highest BCUT2D eigenvalue weighted by Crippen LogP contribution is 2.36. The Hall–Kier alpha value is -2.85. The zero-order valence-electron chi connectivity index (χ0n) is 16.2. The van der Waals surface area contributed by atoms with Crippen molar-refractivity contribution >= 4 is 28.5 Å². The second kappa shape index (κ2) is 7.88. The smallest absolute Gasteiger partial charge is 0.150 e. The molecule has 0 aliphatic heterocycles. The average Bonchev–Trinajstić information content (AvgIpc) is 3.16. The molecule has 0 spiro atoms. The predicted octanol–water partition coefficient (Wildman–Crippen LogP) is 6.49. The van der Waals surface area contributed by atoms with E-state index in [0.717, 1.165) is 38.7 Å². The van der Waals surface area contributed by atoms with Crippen LogP contribution in [0, 0.1) is 0 Å². The lowest BCUT2D eigenvalue weighted by atomic mass is 9.95. The number of nitrogens with one attached hydrogen (secondary N) is 1. The topological polar surface area (TPSA) is 42.7 Å². The van der Waals surface area contributed by atoms with Crippen molar-refractivity contribution in [3.63, 3.8) is 0 Å². The molecule has 0 bridgehead atoms. The molecule has 1 aliphatic carbocycles. The molecule has 5 rings (SSSR count). The van der Waals surface area contributed by atoms with Crippen molar-refractivity contribution in [3.05, 3.63) is 72.1 Å². The molecule has 0 unspecified atom stereocenters. The van der Waals surface area contributed by atoms with E-state index in [-0.39, 0.29) is 0 Å². The van der Waals surface area contributed by atoms with Crippen molar-refractivity contribution in [2.75, 3.05) is 5.32 Å². The number of aromatic nitrogens is 3. The highest BCUT2D eigenvalue weighted by atomic mass is 35.5. The molecule has 1 saturated carbocycles. The van der Waals surface area contributed by atoms with Crippen LogP contribution < -0.4 is 5.32 Å². The van der Waals surface area contributed by atoms with Crippen LogP contribution in [-0.2, 0) is 0 Å². The summed E-state index contributed by atoms with van der Waals surface area (Å²) in [6, 6.07) is 18.8. The normalized spacial score (nSPS) is 14.9. The molecular weight excluding hydrogens is 380 g/mol. The van der Waals surface area contributed by atoms with Gasteiger partial charge in [0, 0.05) is 28.5 Å². The molecule has 146 valence electrons. The van der Waals surface area contributed by atoms with Crippen LogP contribution in [0.2, 0.25) is 5.02 Å². The summed E-state index contributed by atoms with van der Waals surface area (Å²) < 4.78 is 2.13. The fourth-order valence-corrected chi connectivity index (χ4v) is 4.37. The monoisotopic (exact) mass is 402 g/mol. The summed E-state index contributed by atoms with van der Waals surface area (Å²) in [5.74, 6) is 0.925. The maximum atomic E-state index is 6.11. The first-order valence-corrected chi connectivity index (χ1v) is 10.6. The third-order valence-electron chi connectivity index (χ3n) is 5.72. The summed E-state index contributed by atoms with van der Waals surface area (Å²) in [5.41, 5.74) is 4.23. The van der Waals surface area contributed by atoms with Gasteiger partial charge in [-0.2, -0.15) is 0 Å². The molecule has 0 radical (unpaired) electrons. The number of benzene rings is 2. The minimum atomic E-state index is 0.476. The Balaban J connectivity index is 1.69. The largest absolute Gasteiger partial charge is 0.367 e. The Morgan fingerprint density at radius 2 is 1.66 bits per heavy atom. The van der Waals surface area contributed by atoms with Crippen LogP contribution in [0.1, 0.15) is 32.1 Å². The molecule has 0 atom stereocenters. The Morgan fingerprint density at radius 1 is 0.897 bits per heavy atom. The van der Waals surface area contributed by atoms with Gasteiger partial charge in [0.25, 0.3) is 0 Å². The Morgan fingerprint density at radius 3 is 2.41 bits per heavy atom. The molecule has 29 heavy (non-hydrogen) atoms. The summed E-state index contributed by atoms with van der Waals surface area (Å²) in [7, 11) is 0. The van der Waals surface area contributed by atoms with Crippen molar-refractivity contribution in [1.29, 1.82) is 0 Å². The molecule has 4 aromatic rings. The van der Waals surface area contributed by atoms with Crippen molar-refractivity contribution in [1.82, 2.24) is 14.5 Å². The summed E-state index contributed by atoms with van der Waals surface area (Å²) in [5, 5.41) is 5.52. The van der Waals surface area contributed by atoms with Crippen molar-refractivity contribution in [3.8, 4) is 16.8 Å². The lowest BCUT2D eigenvalue weighted by molar-refractivity contribution is 0.462. The summed E-state index contributed by atoms with van der Waals surface area (Å²) in [4.78, 5) is 9.31. The first-order chi connectivity index (χ1) is 14.3. The summed E-state index contributed by atoms with van der Waals surface area (Å²) >= 11 is 6.11. The van der Waals surface area contributed by atoms with Gasteiger partial charge in [0.2, 0.25) is 0 Å². The number of nitrogens with zero attached hydrogens (tertiary/aromatic N) is 3. The van der Waals surface area contributed by atoms with Crippen molar-refractivity contribution in [2.24, 2.45) is 0 Å². The van der Waals surface area contributed by atoms with Gasteiger partial charge in [0.1, 0.15) is 12.1 Å². The first-order valence-electron chi connectivity index (χ1n) is 10.2. The molecule has 0 saturated heterocycles. The molecule has 1 fully saturated rings. The fraction of sp³-hybridized carbons (Fsp3) is 0.250. The fourth-order valence-electron chi connectivity index (χ4n) is 4.25. The van der Waals surface area contributed by atoms with Crippen molar-refractivity contribution in [2.45, 2.75) is 38.1 Å². The Labute approximate surface area is 175 Å². The highest BCUT2D eigenvalue weighted by Gasteiger charge is 2.20. The van der Waals surface area contributed by atoms with E-state index in [1.54, 1.807) is 6.33 Å². The lowest BCUT2D eigenvalue weighted by Crippen LogP contribution is -2.23. The molecule has 0 amide bonds. The van der Waals surface area contributed by atoms with E-state index in [4.69, 9.17) is 11.6 Å². The highest BCUT2D eigenvalue weighted by molar-refractivity contribution is 6.30. The van der Waals surface area contributed by atoms with E-state index in [2.05, 4.69) is 50.3 Å². The molecule has 2 aromatic heterocycles. The van der Waals surface area contributed by atoms with E-state index in [1.807, 2.05) is 30.3 Å². The van der Waals surface area contributed by atoms with Crippen molar-refractivity contribution < 1.29 is 0 Å². The van der Waals surface area contributed by atoms with Gasteiger partial charge in [-0.05, 0) is 42.7 Å². The van der Waals surface area contributed by atoms with Gasteiger partial charge in [0.05, 0.1) is 5.39 Å². The quantitative estimate of drug-likeness (QED) is 0.424. The Kier molecular flexibility index (Phi) is 4.94. The van der Waals surface area contributed by atoms with Gasteiger partial charge >= 0.3 is 0 Å². The number of fused-ring (bicyclic) bond motifs is 1. The SMILES string of the molecule is Clc1ccc(-n2cc(-c3ccccc3)c3c(NC4CCCCC4)ncnc32)cc1. The second-order valence-corrected chi connectivity index (χ2v) is 8.09. The minimum Gasteiger partial charge on any atom is -0.367 e. The predicted molar refractivity (Wildman–Crippen MR) is 120 cm³/mol. The minimum absolute atomic E-state index is 0.476. The van der Waals surface area contributed by atoms with E-state index in [9.17, 15) is 0 Å². The number of hydrogen-bond acceptors (Lipinski definition) is 3. The molecule has 4 nitrogen and oxygen atoms in total. The van der Waals surface area contributed by atoms with Crippen LogP contribution in [0.15, 0.2) is 67.1 Å². The van der Waals surface area contributed by atoms with E-state index in [1.165, 1.54) is 32.1 Å². The zero-order valence-corrected chi connectivity index (χ0v) is 16.9. The summed E-state index contributed by atoms with van der Waals surface area (Å²) in [6.07, 6.45) is 10.1. The van der Waals surface area contributed by atoms with E-state index < -0.39 is 0 Å².